The standard InChI is InChI=1S/C22H15ClFN3O3/c1-25-21(28)20-19(12-2-6-15(24)7-3-12)26-18-9-5-14(11-27(18)20)13-4-8-17(23)16(10-13)22(29)30/h2-11H,1H3,(H,25,28)(H,29,30). The van der Waals surface area contributed by atoms with Gasteiger partial charge in [0.1, 0.15) is 22.9 Å². The molecule has 2 N–H and O–H groups in total. The molecule has 4 aromatic rings. The van der Waals surface area contributed by atoms with Gasteiger partial charge in [0.15, 0.2) is 0 Å². The summed E-state index contributed by atoms with van der Waals surface area (Å²) >= 11 is 5.97. The molecule has 0 bridgehead atoms. The summed E-state index contributed by atoms with van der Waals surface area (Å²) in [5.74, 6) is -1.88. The Labute approximate surface area is 175 Å². The van der Waals surface area contributed by atoms with Crippen molar-refractivity contribution in [3.05, 3.63) is 82.9 Å². The van der Waals surface area contributed by atoms with E-state index < -0.39 is 5.97 Å². The average molecular weight is 424 g/mol. The van der Waals surface area contributed by atoms with E-state index in [1.807, 2.05) is 0 Å². The summed E-state index contributed by atoms with van der Waals surface area (Å²) in [5.41, 5.74) is 3.10. The summed E-state index contributed by atoms with van der Waals surface area (Å²) in [5, 5.41) is 12.1. The predicted octanol–water partition coefficient (Wildman–Crippen LogP) is 4.52. The van der Waals surface area contributed by atoms with E-state index in [-0.39, 0.29) is 28.0 Å². The molecule has 6 nitrogen and oxygen atoms in total. The van der Waals surface area contributed by atoms with Crippen molar-refractivity contribution in [2.24, 2.45) is 0 Å². The van der Waals surface area contributed by atoms with Crippen molar-refractivity contribution in [3.8, 4) is 22.4 Å². The average Bonchev–Trinajstić information content (AvgIpc) is 3.12. The molecular weight excluding hydrogens is 409 g/mol. The first-order valence-electron chi connectivity index (χ1n) is 8.92. The molecule has 2 aromatic carbocycles. The van der Waals surface area contributed by atoms with Gasteiger partial charge in [-0.05, 0) is 59.7 Å². The minimum Gasteiger partial charge on any atom is -0.478 e. The number of benzene rings is 2. The molecule has 0 aliphatic heterocycles. The molecule has 2 aromatic heterocycles. The Kier molecular flexibility index (Phi) is 4.97. The second-order valence-corrected chi connectivity index (χ2v) is 6.95. The lowest BCUT2D eigenvalue weighted by atomic mass is 10.0. The first-order chi connectivity index (χ1) is 14.4. The lowest BCUT2D eigenvalue weighted by molar-refractivity contribution is 0.0697. The Morgan fingerprint density at radius 1 is 1.03 bits per heavy atom. The predicted molar refractivity (Wildman–Crippen MR) is 111 cm³/mol. The van der Waals surface area contributed by atoms with Gasteiger partial charge in [-0.1, -0.05) is 17.7 Å². The van der Waals surface area contributed by atoms with Crippen LogP contribution in [0.5, 0.6) is 0 Å². The number of nitrogens with one attached hydrogen (secondary N) is 1. The summed E-state index contributed by atoms with van der Waals surface area (Å²) in [4.78, 5) is 28.6. The highest BCUT2D eigenvalue weighted by Gasteiger charge is 2.20. The third-order valence-corrected chi connectivity index (χ3v) is 5.04. The van der Waals surface area contributed by atoms with E-state index >= 15 is 0 Å². The maximum Gasteiger partial charge on any atom is 0.337 e. The zero-order chi connectivity index (χ0) is 21.4. The Morgan fingerprint density at radius 2 is 1.70 bits per heavy atom. The summed E-state index contributed by atoms with van der Waals surface area (Å²) in [6, 6.07) is 13.9. The van der Waals surface area contributed by atoms with Crippen LogP contribution in [-0.4, -0.2) is 33.4 Å². The molecule has 8 heteroatoms. The van der Waals surface area contributed by atoms with Crippen LogP contribution < -0.4 is 5.32 Å². The van der Waals surface area contributed by atoms with Crippen molar-refractivity contribution >= 4 is 29.1 Å². The minimum absolute atomic E-state index is 0.0154. The number of hydrogen-bond acceptors (Lipinski definition) is 3. The van der Waals surface area contributed by atoms with Crippen molar-refractivity contribution in [1.29, 1.82) is 0 Å². The fourth-order valence-corrected chi connectivity index (χ4v) is 3.43. The number of carbonyl (C=O) groups excluding carboxylic acids is 1. The molecule has 150 valence electrons. The van der Waals surface area contributed by atoms with Crippen LogP contribution in [0.15, 0.2) is 60.8 Å². The van der Waals surface area contributed by atoms with E-state index in [1.54, 1.807) is 40.9 Å². The Morgan fingerprint density at radius 3 is 2.37 bits per heavy atom. The van der Waals surface area contributed by atoms with Crippen LogP contribution in [0.25, 0.3) is 28.0 Å². The molecule has 30 heavy (non-hydrogen) atoms. The highest BCUT2D eigenvalue weighted by Crippen LogP contribution is 2.29. The van der Waals surface area contributed by atoms with Crippen LogP contribution in [0, 0.1) is 5.82 Å². The summed E-state index contributed by atoms with van der Waals surface area (Å²) in [6.07, 6.45) is 1.70. The highest BCUT2D eigenvalue weighted by atomic mass is 35.5. The number of rotatable bonds is 4. The quantitative estimate of drug-likeness (QED) is 0.505. The number of halogens is 2. The first-order valence-corrected chi connectivity index (χ1v) is 9.30. The van der Waals surface area contributed by atoms with Crippen LogP contribution in [0.4, 0.5) is 4.39 Å². The number of amides is 1. The van der Waals surface area contributed by atoms with Crippen LogP contribution in [-0.2, 0) is 0 Å². The number of nitrogens with zero attached hydrogens (tertiary/aromatic N) is 2. The van der Waals surface area contributed by atoms with E-state index in [0.29, 0.717) is 28.0 Å². The number of pyridine rings is 1. The largest absolute Gasteiger partial charge is 0.478 e. The van der Waals surface area contributed by atoms with E-state index in [0.717, 1.165) is 0 Å². The van der Waals surface area contributed by atoms with Gasteiger partial charge < -0.3 is 10.4 Å². The molecular formula is C22H15ClFN3O3. The van der Waals surface area contributed by atoms with Gasteiger partial charge in [-0.3, -0.25) is 9.20 Å². The van der Waals surface area contributed by atoms with Crippen molar-refractivity contribution in [2.45, 2.75) is 0 Å². The molecule has 0 atom stereocenters. The van der Waals surface area contributed by atoms with E-state index in [9.17, 15) is 19.1 Å². The smallest absolute Gasteiger partial charge is 0.337 e. The van der Waals surface area contributed by atoms with Crippen LogP contribution in [0.3, 0.4) is 0 Å². The van der Waals surface area contributed by atoms with Gasteiger partial charge in [0.05, 0.1) is 10.6 Å². The fraction of sp³-hybridized carbons (Fsp3) is 0.0455. The Hall–Kier alpha value is -3.71. The molecule has 2 heterocycles. The number of aromatic carboxylic acids is 1. The zero-order valence-electron chi connectivity index (χ0n) is 15.7. The van der Waals surface area contributed by atoms with Crippen LogP contribution in [0.1, 0.15) is 20.8 Å². The monoisotopic (exact) mass is 423 g/mol. The van der Waals surface area contributed by atoms with Crippen LogP contribution in [0.2, 0.25) is 5.02 Å². The molecule has 0 unspecified atom stereocenters. The van der Waals surface area contributed by atoms with Crippen LogP contribution >= 0.6 is 11.6 Å². The maximum absolute atomic E-state index is 13.3. The molecule has 0 aliphatic rings. The van der Waals surface area contributed by atoms with Crippen molar-refractivity contribution in [1.82, 2.24) is 14.7 Å². The number of carbonyl (C=O) groups is 2. The second-order valence-electron chi connectivity index (χ2n) is 6.54. The number of carboxylic acids is 1. The molecule has 0 aliphatic carbocycles. The lowest BCUT2D eigenvalue weighted by Crippen LogP contribution is -2.20. The first kappa shape index (κ1) is 19.6. The highest BCUT2D eigenvalue weighted by molar-refractivity contribution is 6.33. The number of aromatic nitrogens is 2. The second kappa shape index (κ2) is 7.61. The number of imidazole rings is 1. The normalized spacial score (nSPS) is 10.9. The van der Waals surface area contributed by atoms with Crippen molar-refractivity contribution in [2.75, 3.05) is 7.05 Å². The number of hydrogen-bond donors (Lipinski definition) is 2. The molecule has 1 amide bonds. The number of fused-ring (bicyclic) bond motifs is 1. The van der Waals surface area contributed by atoms with Gasteiger partial charge in [-0.15, -0.1) is 0 Å². The summed E-state index contributed by atoms with van der Waals surface area (Å²) in [6.45, 7) is 0. The van der Waals surface area contributed by atoms with Gasteiger partial charge in [0.2, 0.25) is 0 Å². The molecule has 0 fully saturated rings. The van der Waals surface area contributed by atoms with E-state index in [2.05, 4.69) is 10.3 Å². The van der Waals surface area contributed by atoms with Gasteiger partial charge in [0, 0.05) is 18.8 Å². The molecule has 0 saturated heterocycles. The van der Waals surface area contributed by atoms with Crippen molar-refractivity contribution < 1.29 is 19.1 Å². The Balaban J connectivity index is 1.92. The molecule has 0 radical (unpaired) electrons. The molecule has 4 rings (SSSR count). The lowest BCUT2D eigenvalue weighted by Gasteiger charge is -2.08. The molecule has 0 spiro atoms. The SMILES string of the molecule is CNC(=O)c1c(-c2ccc(F)cc2)nc2ccc(-c3ccc(Cl)c(C(=O)O)c3)cn12. The van der Waals surface area contributed by atoms with Gasteiger partial charge >= 0.3 is 5.97 Å². The zero-order valence-corrected chi connectivity index (χ0v) is 16.4. The van der Waals surface area contributed by atoms with E-state index in [4.69, 9.17) is 11.6 Å². The third-order valence-electron chi connectivity index (χ3n) is 4.71. The summed E-state index contributed by atoms with van der Waals surface area (Å²) in [7, 11) is 1.51. The third kappa shape index (κ3) is 3.40. The van der Waals surface area contributed by atoms with E-state index in [1.165, 1.54) is 31.3 Å². The fourth-order valence-electron chi connectivity index (χ4n) is 3.23. The van der Waals surface area contributed by atoms with Gasteiger partial charge in [-0.25, -0.2) is 14.2 Å². The van der Waals surface area contributed by atoms with Crippen molar-refractivity contribution in [3.63, 3.8) is 0 Å². The van der Waals surface area contributed by atoms with Gasteiger partial charge in [-0.2, -0.15) is 0 Å². The maximum atomic E-state index is 13.3. The topological polar surface area (TPSA) is 83.7 Å². The number of carboxylic acid groups (broad SMARTS) is 1. The minimum atomic E-state index is -1.13. The Bertz CT molecular complexity index is 1300. The van der Waals surface area contributed by atoms with Gasteiger partial charge in [0.25, 0.3) is 5.91 Å². The summed E-state index contributed by atoms with van der Waals surface area (Å²) < 4.78 is 15.0. The molecule has 0 saturated carbocycles.